The molecule has 0 unspecified atom stereocenters. The topological polar surface area (TPSA) is 98.6 Å². The number of aromatic nitrogens is 6. The van der Waals surface area contributed by atoms with Crippen molar-refractivity contribution in [2.45, 2.75) is 33.2 Å². The number of tetrazole rings is 1. The number of H-pyrrole nitrogens is 1. The van der Waals surface area contributed by atoms with Crippen LogP contribution in [-0.4, -0.2) is 43.0 Å². The second-order valence-corrected chi connectivity index (χ2v) is 6.44. The van der Waals surface area contributed by atoms with E-state index >= 15 is 0 Å². The Morgan fingerprint density at radius 1 is 1.27 bits per heavy atom. The minimum atomic E-state index is -0.423. The van der Waals surface area contributed by atoms with E-state index in [1.165, 1.54) is 4.80 Å². The van der Waals surface area contributed by atoms with Gasteiger partial charge >= 0.3 is 5.97 Å². The first-order valence-corrected chi connectivity index (χ1v) is 8.66. The SMILES string of the molecule is CC(C)Cc1cc(C(=O)OCCCn2nnc(-c3ccccc3)n2)n[nH]1. The van der Waals surface area contributed by atoms with Gasteiger partial charge in [-0.25, -0.2) is 4.79 Å². The van der Waals surface area contributed by atoms with Crippen molar-refractivity contribution in [1.82, 2.24) is 30.4 Å². The number of nitrogens with zero attached hydrogens (tertiary/aromatic N) is 5. The van der Waals surface area contributed by atoms with Gasteiger partial charge in [0.15, 0.2) is 5.69 Å². The highest BCUT2D eigenvalue weighted by molar-refractivity contribution is 5.87. The highest BCUT2D eigenvalue weighted by Crippen LogP contribution is 2.12. The molecule has 0 saturated heterocycles. The average Bonchev–Trinajstić information content (AvgIpc) is 3.28. The van der Waals surface area contributed by atoms with Crippen molar-refractivity contribution in [3.63, 3.8) is 0 Å². The summed E-state index contributed by atoms with van der Waals surface area (Å²) in [5.74, 6) is 0.653. The van der Waals surface area contributed by atoms with Gasteiger partial charge in [-0.15, -0.1) is 10.2 Å². The summed E-state index contributed by atoms with van der Waals surface area (Å²) in [5.41, 5.74) is 2.17. The van der Waals surface area contributed by atoms with Gasteiger partial charge in [0.25, 0.3) is 0 Å². The monoisotopic (exact) mass is 354 g/mol. The molecule has 3 rings (SSSR count). The van der Waals surface area contributed by atoms with Crippen molar-refractivity contribution in [1.29, 1.82) is 0 Å². The highest BCUT2D eigenvalue weighted by atomic mass is 16.5. The molecule has 0 saturated carbocycles. The van der Waals surface area contributed by atoms with Crippen LogP contribution in [0.4, 0.5) is 0 Å². The maximum absolute atomic E-state index is 12.0. The van der Waals surface area contributed by atoms with Crippen LogP contribution in [0.25, 0.3) is 11.4 Å². The second kappa shape index (κ2) is 8.37. The third kappa shape index (κ3) is 4.75. The fourth-order valence-electron chi connectivity index (χ4n) is 2.50. The second-order valence-electron chi connectivity index (χ2n) is 6.44. The van der Waals surface area contributed by atoms with Crippen LogP contribution in [0.15, 0.2) is 36.4 Å². The van der Waals surface area contributed by atoms with Gasteiger partial charge in [-0.3, -0.25) is 5.10 Å². The third-order valence-electron chi connectivity index (χ3n) is 3.69. The molecule has 2 aromatic heterocycles. The summed E-state index contributed by atoms with van der Waals surface area (Å²) in [7, 11) is 0. The lowest BCUT2D eigenvalue weighted by Crippen LogP contribution is -2.10. The van der Waals surface area contributed by atoms with Gasteiger partial charge in [0.05, 0.1) is 13.2 Å². The van der Waals surface area contributed by atoms with Gasteiger partial charge in [0.1, 0.15) is 0 Å². The summed E-state index contributed by atoms with van der Waals surface area (Å²) < 4.78 is 5.25. The lowest BCUT2D eigenvalue weighted by molar-refractivity contribution is 0.0486. The van der Waals surface area contributed by atoms with Crippen LogP contribution in [-0.2, 0) is 17.7 Å². The quantitative estimate of drug-likeness (QED) is 0.493. The molecule has 8 nitrogen and oxygen atoms in total. The van der Waals surface area contributed by atoms with Crippen LogP contribution >= 0.6 is 0 Å². The van der Waals surface area contributed by atoms with E-state index in [1.807, 2.05) is 30.3 Å². The molecule has 0 amide bonds. The molecule has 0 bridgehead atoms. The van der Waals surface area contributed by atoms with E-state index in [4.69, 9.17) is 4.74 Å². The average molecular weight is 354 g/mol. The number of aryl methyl sites for hydroxylation is 1. The predicted octanol–water partition coefficient (Wildman–Crippen LogP) is 2.51. The Labute approximate surface area is 151 Å². The summed E-state index contributed by atoms with van der Waals surface area (Å²) in [6.45, 7) is 5.01. The molecule has 0 radical (unpaired) electrons. The first kappa shape index (κ1) is 17.8. The molecule has 136 valence electrons. The Hall–Kier alpha value is -3.03. The number of ether oxygens (including phenoxy) is 1. The van der Waals surface area contributed by atoms with Crippen molar-refractivity contribution < 1.29 is 9.53 Å². The lowest BCUT2D eigenvalue weighted by Gasteiger charge is -2.02. The first-order chi connectivity index (χ1) is 12.6. The zero-order valence-corrected chi connectivity index (χ0v) is 14.9. The van der Waals surface area contributed by atoms with E-state index in [9.17, 15) is 4.79 Å². The summed E-state index contributed by atoms with van der Waals surface area (Å²) in [6.07, 6.45) is 1.45. The third-order valence-corrected chi connectivity index (χ3v) is 3.69. The molecular weight excluding hydrogens is 332 g/mol. The van der Waals surface area contributed by atoms with Crippen LogP contribution in [0.2, 0.25) is 0 Å². The number of esters is 1. The number of carbonyl (C=O) groups is 1. The molecule has 2 heterocycles. The number of benzene rings is 1. The number of hydrogen-bond donors (Lipinski definition) is 1. The van der Waals surface area contributed by atoms with E-state index in [2.05, 4.69) is 39.5 Å². The first-order valence-electron chi connectivity index (χ1n) is 8.66. The molecule has 0 aliphatic rings. The fraction of sp³-hybridized carbons (Fsp3) is 0.389. The largest absolute Gasteiger partial charge is 0.461 e. The van der Waals surface area contributed by atoms with Crippen LogP contribution in [0, 0.1) is 5.92 Å². The lowest BCUT2D eigenvalue weighted by atomic mass is 10.1. The van der Waals surface area contributed by atoms with E-state index in [0.29, 0.717) is 30.4 Å². The summed E-state index contributed by atoms with van der Waals surface area (Å²) in [5, 5.41) is 19.2. The Bertz CT molecular complexity index is 840. The zero-order chi connectivity index (χ0) is 18.4. The van der Waals surface area contributed by atoms with Crippen molar-refractivity contribution in [3.05, 3.63) is 47.8 Å². The van der Waals surface area contributed by atoms with E-state index in [1.54, 1.807) is 6.07 Å². The van der Waals surface area contributed by atoms with Crippen molar-refractivity contribution in [2.75, 3.05) is 6.61 Å². The minimum absolute atomic E-state index is 0.271. The molecule has 1 N–H and O–H groups in total. The summed E-state index contributed by atoms with van der Waals surface area (Å²) >= 11 is 0. The smallest absolute Gasteiger partial charge is 0.358 e. The number of carbonyl (C=O) groups excluding carboxylic acids is 1. The van der Waals surface area contributed by atoms with Gasteiger partial charge in [-0.2, -0.15) is 9.90 Å². The Kier molecular flexibility index (Phi) is 5.73. The van der Waals surface area contributed by atoms with Gasteiger partial charge in [0.2, 0.25) is 5.82 Å². The van der Waals surface area contributed by atoms with Gasteiger partial charge in [-0.1, -0.05) is 44.2 Å². The molecule has 26 heavy (non-hydrogen) atoms. The number of hydrogen-bond acceptors (Lipinski definition) is 6. The van der Waals surface area contributed by atoms with Crippen LogP contribution in [0.3, 0.4) is 0 Å². The maximum Gasteiger partial charge on any atom is 0.358 e. The van der Waals surface area contributed by atoms with Gasteiger partial charge in [-0.05, 0) is 23.6 Å². The Morgan fingerprint density at radius 3 is 2.85 bits per heavy atom. The normalized spacial score (nSPS) is 11.0. The molecule has 0 atom stereocenters. The van der Waals surface area contributed by atoms with E-state index in [0.717, 1.165) is 17.7 Å². The highest BCUT2D eigenvalue weighted by Gasteiger charge is 2.12. The van der Waals surface area contributed by atoms with Crippen molar-refractivity contribution in [2.24, 2.45) is 5.92 Å². The molecule has 1 aromatic carbocycles. The molecule has 0 aliphatic carbocycles. The van der Waals surface area contributed by atoms with Gasteiger partial charge < -0.3 is 4.74 Å². The van der Waals surface area contributed by atoms with Crippen LogP contribution < -0.4 is 0 Å². The van der Waals surface area contributed by atoms with Gasteiger partial charge in [0, 0.05) is 17.7 Å². The zero-order valence-electron chi connectivity index (χ0n) is 14.9. The summed E-state index contributed by atoms with van der Waals surface area (Å²) in [4.78, 5) is 13.5. The standard InChI is InChI=1S/C18H22N6O2/c1-13(2)11-15-12-16(20-19-15)18(25)26-10-6-9-24-22-17(21-23-24)14-7-4-3-5-8-14/h3-5,7-8,12-13H,6,9-11H2,1-2H3,(H,19,20). The van der Waals surface area contributed by atoms with E-state index < -0.39 is 5.97 Å². The number of rotatable bonds is 8. The molecule has 0 aliphatic heterocycles. The van der Waals surface area contributed by atoms with E-state index in [-0.39, 0.29) is 6.61 Å². The summed E-state index contributed by atoms with van der Waals surface area (Å²) in [6, 6.07) is 11.4. The number of nitrogens with one attached hydrogen (secondary N) is 1. The van der Waals surface area contributed by atoms with Crippen LogP contribution in [0.5, 0.6) is 0 Å². The Balaban J connectivity index is 1.43. The van der Waals surface area contributed by atoms with Crippen molar-refractivity contribution in [3.8, 4) is 11.4 Å². The maximum atomic E-state index is 12.0. The number of aromatic amines is 1. The molecule has 8 heteroatoms. The Morgan fingerprint density at radius 2 is 2.08 bits per heavy atom. The molecular formula is C18H22N6O2. The molecule has 0 spiro atoms. The van der Waals surface area contributed by atoms with Crippen molar-refractivity contribution >= 4 is 5.97 Å². The minimum Gasteiger partial charge on any atom is -0.461 e. The molecule has 3 aromatic rings. The molecule has 0 fully saturated rings. The fourth-order valence-corrected chi connectivity index (χ4v) is 2.50. The van der Waals surface area contributed by atoms with Crippen LogP contribution in [0.1, 0.15) is 36.5 Å². The predicted molar refractivity (Wildman–Crippen MR) is 95.3 cm³/mol.